The van der Waals surface area contributed by atoms with E-state index in [1.54, 1.807) is 6.07 Å². The van der Waals surface area contributed by atoms with Crippen molar-refractivity contribution < 1.29 is 27.6 Å². The van der Waals surface area contributed by atoms with Gasteiger partial charge in [-0.05, 0) is 55.5 Å². The number of anilines is 2. The van der Waals surface area contributed by atoms with Crippen LogP contribution in [0, 0.1) is 17.8 Å². The van der Waals surface area contributed by atoms with Crippen molar-refractivity contribution in [1.29, 1.82) is 0 Å². The SMILES string of the molecule is C[C@H]1CC[C@H]2C(=O)N(c3cccc(C(=O)Nc4ccccc4C(F)(F)F)c3)C(=O)[C@@H]2C1. The van der Waals surface area contributed by atoms with Gasteiger partial charge in [-0.1, -0.05) is 25.1 Å². The molecule has 1 saturated carbocycles. The fourth-order valence-corrected chi connectivity index (χ4v) is 4.46. The lowest BCUT2D eigenvalue weighted by Crippen LogP contribution is -2.31. The molecule has 4 rings (SSSR count). The lowest BCUT2D eigenvalue weighted by atomic mass is 9.76. The Morgan fingerprint density at radius 1 is 1.00 bits per heavy atom. The third-order valence-electron chi connectivity index (χ3n) is 6.03. The van der Waals surface area contributed by atoms with Gasteiger partial charge in [0.2, 0.25) is 11.8 Å². The zero-order valence-corrected chi connectivity index (χ0v) is 16.8. The second kappa shape index (κ2) is 7.83. The Kier molecular flexibility index (Phi) is 5.33. The second-order valence-corrected chi connectivity index (χ2v) is 8.19. The number of carbonyl (C=O) groups is 3. The predicted molar refractivity (Wildman–Crippen MR) is 108 cm³/mol. The first kappa shape index (κ1) is 21.1. The number of fused-ring (bicyclic) bond motifs is 1. The number of nitrogens with one attached hydrogen (secondary N) is 1. The van der Waals surface area contributed by atoms with Crippen molar-refractivity contribution in [3.05, 3.63) is 59.7 Å². The normalized spacial score (nSPS) is 23.6. The minimum Gasteiger partial charge on any atom is -0.321 e. The number of imide groups is 1. The first-order valence-corrected chi connectivity index (χ1v) is 10.1. The van der Waals surface area contributed by atoms with E-state index in [0.717, 1.165) is 17.4 Å². The Balaban J connectivity index is 1.59. The zero-order valence-electron chi connectivity index (χ0n) is 16.8. The van der Waals surface area contributed by atoms with Crippen molar-refractivity contribution in [2.45, 2.75) is 32.4 Å². The van der Waals surface area contributed by atoms with Crippen LogP contribution in [0.15, 0.2) is 48.5 Å². The first-order chi connectivity index (χ1) is 14.7. The topological polar surface area (TPSA) is 66.5 Å². The van der Waals surface area contributed by atoms with Crippen molar-refractivity contribution in [1.82, 2.24) is 0 Å². The summed E-state index contributed by atoms with van der Waals surface area (Å²) in [6.07, 6.45) is -2.43. The molecule has 2 aliphatic rings. The minimum atomic E-state index is -4.62. The van der Waals surface area contributed by atoms with Crippen LogP contribution in [0.3, 0.4) is 0 Å². The van der Waals surface area contributed by atoms with Crippen molar-refractivity contribution in [3.63, 3.8) is 0 Å². The van der Waals surface area contributed by atoms with Gasteiger partial charge in [0, 0.05) is 5.56 Å². The van der Waals surface area contributed by atoms with E-state index < -0.39 is 17.6 Å². The summed E-state index contributed by atoms with van der Waals surface area (Å²) in [5.74, 6) is -1.65. The van der Waals surface area contributed by atoms with Gasteiger partial charge in [-0.15, -0.1) is 0 Å². The highest BCUT2D eigenvalue weighted by atomic mass is 19.4. The van der Waals surface area contributed by atoms with Crippen LogP contribution in [0.2, 0.25) is 0 Å². The molecule has 0 spiro atoms. The van der Waals surface area contributed by atoms with Crippen LogP contribution in [0.1, 0.15) is 42.1 Å². The van der Waals surface area contributed by atoms with E-state index in [4.69, 9.17) is 0 Å². The number of benzene rings is 2. The summed E-state index contributed by atoms with van der Waals surface area (Å²) in [5, 5.41) is 2.28. The van der Waals surface area contributed by atoms with Crippen LogP contribution in [-0.4, -0.2) is 17.7 Å². The molecular weight excluding hydrogens is 409 g/mol. The minimum absolute atomic E-state index is 0.0540. The molecule has 31 heavy (non-hydrogen) atoms. The molecule has 3 amide bonds. The smallest absolute Gasteiger partial charge is 0.321 e. The third-order valence-corrected chi connectivity index (χ3v) is 6.03. The molecule has 2 fully saturated rings. The fourth-order valence-electron chi connectivity index (χ4n) is 4.46. The van der Waals surface area contributed by atoms with Crippen molar-refractivity contribution in [2.75, 3.05) is 10.2 Å². The molecule has 0 bridgehead atoms. The molecule has 1 aliphatic heterocycles. The Labute approximate surface area is 177 Å². The largest absolute Gasteiger partial charge is 0.418 e. The van der Waals surface area contributed by atoms with Crippen LogP contribution in [0.5, 0.6) is 0 Å². The van der Waals surface area contributed by atoms with E-state index in [1.807, 2.05) is 0 Å². The maximum atomic E-state index is 13.2. The number of hydrogen-bond donors (Lipinski definition) is 1. The molecule has 8 heteroatoms. The zero-order chi connectivity index (χ0) is 22.3. The van der Waals surface area contributed by atoms with Gasteiger partial charge >= 0.3 is 6.18 Å². The number of hydrogen-bond acceptors (Lipinski definition) is 3. The molecule has 162 valence electrons. The van der Waals surface area contributed by atoms with E-state index in [9.17, 15) is 27.6 Å². The van der Waals surface area contributed by atoms with Gasteiger partial charge in [-0.3, -0.25) is 19.3 Å². The Hall–Kier alpha value is -3.16. The standard InChI is InChI=1S/C23H21F3N2O3/c1-13-9-10-16-17(11-13)22(31)28(21(16)30)15-6-4-5-14(12-15)20(29)27-19-8-3-2-7-18(19)23(24,25)26/h2-8,12-13,16-17H,9-11H2,1H3,(H,27,29)/t13-,16+,17+/m0/s1. The lowest BCUT2D eigenvalue weighted by Gasteiger charge is -2.25. The molecular formula is C23H21F3N2O3. The van der Waals surface area contributed by atoms with Gasteiger partial charge in [-0.25, -0.2) is 0 Å². The van der Waals surface area contributed by atoms with E-state index in [2.05, 4.69) is 12.2 Å². The molecule has 1 N–H and O–H groups in total. The first-order valence-electron chi connectivity index (χ1n) is 10.1. The van der Waals surface area contributed by atoms with E-state index in [-0.39, 0.29) is 40.6 Å². The molecule has 1 aliphatic carbocycles. The number of alkyl halides is 3. The number of carbonyl (C=O) groups excluding carboxylic acids is 3. The van der Waals surface area contributed by atoms with Crippen LogP contribution in [0.4, 0.5) is 24.5 Å². The quantitative estimate of drug-likeness (QED) is 0.706. The molecule has 0 aromatic heterocycles. The third kappa shape index (κ3) is 3.94. The Morgan fingerprint density at radius 2 is 1.71 bits per heavy atom. The van der Waals surface area contributed by atoms with Gasteiger partial charge < -0.3 is 5.32 Å². The van der Waals surface area contributed by atoms with Crippen LogP contribution >= 0.6 is 0 Å². The average Bonchev–Trinajstić information content (AvgIpc) is 2.97. The predicted octanol–water partition coefficient (Wildman–Crippen LogP) is 4.88. The van der Waals surface area contributed by atoms with Crippen LogP contribution in [-0.2, 0) is 15.8 Å². The van der Waals surface area contributed by atoms with Crippen LogP contribution < -0.4 is 10.2 Å². The highest BCUT2D eigenvalue weighted by molar-refractivity contribution is 6.22. The number of nitrogens with zero attached hydrogens (tertiary/aromatic N) is 1. The van der Waals surface area contributed by atoms with Crippen molar-refractivity contribution in [2.24, 2.45) is 17.8 Å². The maximum absolute atomic E-state index is 13.2. The summed E-state index contributed by atoms with van der Waals surface area (Å²) >= 11 is 0. The monoisotopic (exact) mass is 430 g/mol. The number of amides is 3. The average molecular weight is 430 g/mol. The van der Waals surface area contributed by atoms with Crippen LogP contribution in [0.25, 0.3) is 0 Å². The summed E-state index contributed by atoms with van der Waals surface area (Å²) in [7, 11) is 0. The van der Waals surface area contributed by atoms with Gasteiger partial charge in [-0.2, -0.15) is 13.2 Å². The lowest BCUT2D eigenvalue weighted by molar-refractivity contribution is -0.137. The molecule has 5 nitrogen and oxygen atoms in total. The molecule has 0 unspecified atom stereocenters. The van der Waals surface area contributed by atoms with Gasteiger partial charge in [0.05, 0.1) is 28.8 Å². The van der Waals surface area contributed by atoms with Crippen molar-refractivity contribution >= 4 is 29.1 Å². The van der Waals surface area contributed by atoms with E-state index in [1.165, 1.54) is 36.4 Å². The number of para-hydroxylation sites is 1. The van der Waals surface area contributed by atoms with Gasteiger partial charge in [0.15, 0.2) is 0 Å². The molecule has 0 radical (unpaired) electrons. The summed E-state index contributed by atoms with van der Waals surface area (Å²) in [5.41, 5.74) is -1.01. The van der Waals surface area contributed by atoms with Gasteiger partial charge in [0.25, 0.3) is 5.91 Å². The number of rotatable bonds is 3. The highest BCUT2D eigenvalue weighted by Gasteiger charge is 2.50. The molecule has 3 atom stereocenters. The molecule has 1 heterocycles. The van der Waals surface area contributed by atoms with E-state index >= 15 is 0 Å². The molecule has 2 aromatic carbocycles. The maximum Gasteiger partial charge on any atom is 0.418 e. The van der Waals surface area contributed by atoms with Crippen molar-refractivity contribution in [3.8, 4) is 0 Å². The second-order valence-electron chi connectivity index (χ2n) is 8.19. The summed E-state index contributed by atoms with van der Waals surface area (Å²) in [6, 6.07) is 10.5. The Morgan fingerprint density at radius 3 is 2.45 bits per heavy atom. The summed E-state index contributed by atoms with van der Waals surface area (Å²) in [4.78, 5) is 39.5. The fraction of sp³-hybridized carbons (Fsp3) is 0.348. The Bertz CT molecular complexity index is 1050. The van der Waals surface area contributed by atoms with Gasteiger partial charge in [0.1, 0.15) is 0 Å². The molecule has 1 saturated heterocycles. The molecule has 2 aromatic rings. The van der Waals surface area contributed by atoms with E-state index in [0.29, 0.717) is 18.8 Å². The number of halogens is 3. The summed E-state index contributed by atoms with van der Waals surface area (Å²) in [6.45, 7) is 2.06. The summed E-state index contributed by atoms with van der Waals surface area (Å²) < 4.78 is 39.6. The highest BCUT2D eigenvalue weighted by Crippen LogP contribution is 2.42.